The van der Waals surface area contributed by atoms with Crippen molar-refractivity contribution >= 4 is 40.3 Å². The summed E-state index contributed by atoms with van der Waals surface area (Å²) in [4.78, 5) is 83.5. The minimum Gasteiger partial charge on any atom is -0.496 e. The zero-order valence-corrected chi connectivity index (χ0v) is 33.8. The van der Waals surface area contributed by atoms with Gasteiger partial charge in [-0.05, 0) is 66.5 Å². The lowest BCUT2D eigenvalue weighted by Gasteiger charge is -2.46. The van der Waals surface area contributed by atoms with Crippen LogP contribution in [-0.2, 0) is 34.4 Å². The molecule has 0 spiro atoms. The lowest BCUT2D eigenvalue weighted by molar-refractivity contribution is -0.136. The van der Waals surface area contributed by atoms with Crippen LogP contribution < -0.4 is 31.4 Å². The Hall–Kier alpha value is -5.93. The Morgan fingerprint density at radius 1 is 0.915 bits per heavy atom. The molecule has 1 atom stereocenters. The molecule has 3 aliphatic rings. The Morgan fingerprint density at radius 3 is 2.31 bits per heavy atom. The van der Waals surface area contributed by atoms with Crippen molar-refractivity contribution in [3.63, 3.8) is 0 Å². The predicted molar refractivity (Wildman–Crippen MR) is 220 cm³/mol. The maximum absolute atomic E-state index is 13.3. The van der Waals surface area contributed by atoms with E-state index in [1.807, 2.05) is 24.3 Å². The molecule has 0 aliphatic carbocycles. The molecule has 2 fully saturated rings. The third kappa shape index (κ3) is 8.35. The Kier molecular flexibility index (Phi) is 12.2. The van der Waals surface area contributed by atoms with Crippen molar-refractivity contribution in [1.82, 2.24) is 30.0 Å². The zero-order valence-electron chi connectivity index (χ0n) is 33.8. The largest absolute Gasteiger partial charge is 0.496 e. The average Bonchev–Trinajstić information content (AvgIpc) is 3.47. The van der Waals surface area contributed by atoms with Crippen LogP contribution in [0.25, 0.3) is 21.9 Å². The number of nitrogens with zero attached hydrogens (tertiary/aromatic N) is 4. The molecule has 15 heteroatoms. The number of rotatable bonds is 17. The summed E-state index contributed by atoms with van der Waals surface area (Å²) in [6, 6.07) is 9.98. The molecule has 7 rings (SSSR count). The van der Waals surface area contributed by atoms with Crippen molar-refractivity contribution in [2.75, 3.05) is 33.9 Å². The standard InChI is InChI=1S/C44H51N7O8/c1-49-23-32(29-17-19-46-22-31(29)40(49)54)28-20-35(58-2)33(36(21-28)59-3)24-50-25-44(45,26-50)43(57)47-18-10-8-6-4-5-7-9-12-27-13-11-14-30-38(27)42(56)51(41(30)55)34-15-16-37(52)48-39(34)53/h11,13-14,17,19-23,34H,4-10,12,15-16,18,24-26,45H2,1-3H3,(H,47,57)(H,48,52,53). The third-order valence-electron chi connectivity index (χ3n) is 11.7. The quantitative estimate of drug-likeness (QED) is 0.104. The maximum atomic E-state index is 13.3. The van der Waals surface area contributed by atoms with E-state index in [2.05, 4.69) is 20.5 Å². The lowest BCUT2D eigenvalue weighted by atomic mass is 9.89. The fraction of sp³-hybridized carbons (Fsp3) is 0.432. The minimum atomic E-state index is -0.984. The van der Waals surface area contributed by atoms with E-state index in [1.165, 1.54) is 0 Å². The van der Waals surface area contributed by atoms with Gasteiger partial charge in [-0.3, -0.25) is 48.9 Å². The number of nitrogens with two attached hydrogens (primary N) is 1. The molecule has 59 heavy (non-hydrogen) atoms. The second-order valence-corrected chi connectivity index (χ2v) is 15.8. The molecule has 2 aromatic carbocycles. The van der Waals surface area contributed by atoms with Gasteiger partial charge in [0.1, 0.15) is 23.1 Å². The summed E-state index contributed by atoms with van der Waals surface area (Å²) >= 11 is 0. The second kappa shape index (κ2) is 17.5. The molecular formula is C44H51N7O8. The summed E-state index contributed by atoms with van der Waals surface area (Å²) in [5, 5.41) is 6.57. The summed E-state index contributed by atoms with van der Waals surface area (Å²) in [5.41, 5.74) is 9.44. The number of aromatic nitrogens is 2. The summed E-state index contributed by atoms with van der Waals surface area (Å²) in [6.45, 7) is 1.81. The summed E-state index contributed by atoms with van der Waals surface area (Å²) in [5.74, 6) is -0.861. The molecule has 4 aromatic rings. The first kappa shape index (κ1) is 41.2. The first-order chi connectivity index (χ1) is 28.4. The summed E-state index contributed by atoms with van der Waals surface area (Å²) < 4.78 is 13.2. The van der Waals surface area contributed by atoms with Gasteiger partial charge in [0.15, 0.2) is 0 Å². The van der Waals surface area contributed by atoms with Crippen LogP contribution in [0.15, 0.2) is 59.8 Å². The van der Waals surface area contributed by atoms with E-state index in [4.69, 9.17) is 15.2 Å². The number of hydrogen-bond acceptors (Lipinski definition) is 11. The van der Waals surface area contributed by atoms with Crippen molar-refractivity contribution in [3.05, 3.63) is 87.6 Å². The van der Waals surface area contributed by atoms with Gasteiger partial charge in [0.05, 0.1) is 36.3 Å². The fourth-order valence-corrected chi connectivity index (χ4v) is 8.56. The van der Waals surface area contributed by atoms with E-state index in [-0.39, 0.29) is 24.3 Å². The average molecular weight is 806 g/mol. The van der Waals surface area contributed by atoms with Crippen LogP contribution in [0.3, 0.4) is 0 Å². The number of carbonyl (C=O) groups is 5. The van der Waals surface area contributed by atoms with Crippen LogP contribution in [0.4, 0.5) is 0 Å². The highest BCUT2D eigenvalue weighted by Gasteiger charge is 2.47. The number of carbonyl (C=O) groups excluding carboxylic acids is 5. The monoisotopic (exact) mass is 805 g/mol. The highest BCUT2D eigenvalue weighted by molar-refractivity contribution is 6.24. The van der Waals surface area contributed by atoms with E-state index in [0.29, 0.717) is 60.6 Å². The molecule has 0 saturated carbocycles. The van der Waals surface area contributed by atoms with E-state index in [1.54, 1.807) is 56.6 Å². The molecule has 0 bridgehead atoms. The van der Waals surface area contributed by atoms with Gasteiger partial charge in [0.25, 0.3) is 17.4 Å². The number of pyridine rings is 2. The fourth-order valence-electron chi connectivity index (χ4n) is 8.56. The van der Waals surface area contributed by atoms with E-state index in [9.17, 15) is 28.8 Å². The van der Waals surface area contributed by atoms with Crippen molar-refractivity contribution in [1.29, 1.82) is 0 Å². The molecule has 5 amide bonds. The van der Waals surface area contributed by atoms with Crippen molar-refractivity contribution in [2.24, 2.45) is 12.8 Å². The molecule has 15 nitrogen and oxygen atoms in total. The number of likely N-dealkylation sites (tertiary alicyclic amines) is 1. The number of amides is 5. The molecular weight excluding hydrogens is 755 g/mol. The van der Waals surface area contributed by atoms with E-state index in [0.717, 1.165) is 77.5 Å². The Balaban J connectivity index is 0.816. The highest BCUT2D eigenvalue weighted by Crippen LogP contribution is 2.39. The first-order valence-electron chi connectivity index (χ1n) is 20.3. The number of ether oxygens (including phenoxy) is 2. The van der Waals surface area contributed by atoms with Crippen LogP contribution >= 0.6 is 0 Å². The number of piperidine rings is 1. The summed E-state index contributed by atoms with van der Waals surface area (Å²) in [7, 11) is 4.93. The number of nitrogens with one attached hydrogen (secondary N) is 2. The molecule has 1 unspecified atom stereocenters. The Morgan fingerprint density at radius 2 is 1.61 bits per heavy atom. The van der Waals surface area contributed by atoms with Gasteiger partial charge >= 0.3 is 0 Å². The predicted octanol–water partition coefficient (Wildman–Crippen LogP) is 3.62. The molecule has 310 valence electrons. The maximum Gasteiger partial charge on any atom is 0.262 e. The Bertz CT molecular complexity index is 2340. The number of aryl methyl sites for hydroxylation is 2. The molecule has 4 N–H and O–H groups in total. The highest BCUT2D eigenvalue weighted by atomic mass is 16.5. The number of fused-ring (bicyclic) bond motifs is 2. The minimum absolute atomic E-state index is 0.0875. The van der Waals surface area contributed by atoms with E-state index < -0.39 is 35.2 Å². The zero-order chi connectivity index (χ0) is 41.8. The van der Waals surface area contributed by atoms with Gasteiger partial charge < -0.3 is 25.1 Å². The van der Waals surface area contributed by atoms with Crippen LogP contribution in [0.5, 0.6) is 11.5 Å². The van der Waals surface area contributed by atoms with Crippen molar-refractivity contribution in [2.45, 2.75) is 82.3 Å². The van der Waals surface area contributed by atoms with Crippen LogP contribution in [0.2, 0.25) is 0 Å². The Labute approximate surface area is 342 Å². The topological polar surface area (TPSA) is 195 Å². The molecule has 2 saturated heterocycles. The number of hydrogen-bond donors (Lipinski definition) is 3. The molecule has 0 radical (unpaired) electrons. The van der Waals surface area contributed by atoms with Gasteiger partial charge in [0.2, 0.25) is 17.7 Å². The van der Waals surface area contributed by atoms with Gasteiger partial charge in [-0.2, -0.15) is 0 Å². The van der Waals surface area contributed by atoms with Gasteiger partial charge in [0, 0.05) is 63.8 Å². The third-order valence-corrected chi connectivity index (χ3v) is 11.7. The smallest absolute Gasteiger partial charge is 0.262 e. The molecule has 2 aromatic heterocycles. The second-order valence-electron chi connectivity index (χ2n) is 15.8. The molecule has 3 aliphatic heterocycles. The first-order valence-corrected chi connectivity index (χ1v) is 20.3. The lowest BCUT2D eigenvalue weighted by Crippen LogP contribution is -2.73. The number of methoxy groups -OCH3 is 2. The molecule has 5 heterocycles. The number of unbranched alkanes of at least 4 members (excludes halogenated alkanes) is 6. The number of imide groups is 2. The van der Waals surface area contributed by atoms with Crippen LogP contribution in [-0.4, -0.2) is 94.3 Å². The van der Waals surface area contributed by atoms with E-state index >= 15 is 0 Å². The normalized spacial score (nSPS) is 17.5. The van der Waals surface area contributed by atoms with Crippen LogP contribution in [0.1, 0.15) is 89.6 Å². The number of benzene rings is 2. The van der Waals surface area contributed by atoms with Crippen LogP contribution in [0, 0.1) is 0 Å². The van der Waals surface area contributed by atoms with Gasteiger partial charge in [-0.1, -0.05) is 44.2 Å². The van der Waals surface area contributed by atoms with Crippen molar-refractivity contribution < 1.29 is 33.4 Å². The SMILES string of the molecule is COc1cc(-c2cn(C)c(=O)c3cnccc23)cc(OC)c1CN1CC(N)(C(=O)NCCCCCCCCCc2cccc3c2C(=O)N(C2CCC(=O)NC2=O)C3=O)C1. The van der Waals surface area contributed by atoms with Gasteiger partial charge in [-0.25, -0.2) is 0 Å². The van der Waals surface area contributed by atoms with Gasteiger partial charge in [-0.15, -0.1) is 0 Å². The van der Waals surface area contributed by atoms with Crippen molar-refractivity contribution in [3.8, 4) is 22.6 Å². The summed E-state index contributed by atoms with van der Waals surface area (Å²) in [6.07, 6.45) is 12.7.